The van der Waals surface area contributed by atoms with Crippen molar-refractivity contribution in [2.45, 2.75) is 6.04 Å². The molecule has 112 valence electrons. The van der Waals surface area contributed by atoms with Crippen molar-refractivity contribution in [1.82, 2.24) is 4.90 Å². The number of nitrogens with two attached hydrogens (primary N) is 1. The Bertz CT molecular complexity index is 547. The average Bonchev–Trinajstić information content (AvgIpc) is 3.04. The quantitative estimate of drug-likeness (QED) is 0.938. The lowest BCUT2D eigenvalue weighted by molar-refractivity contribution is 0.190. The fourth-order valence-electron chi connectivity index (χ4n) is 2.90. The van der Waals surface area contributed by atoms with Crippen LogP contribution in [0.5, 0.6) is 0 Å². The van der Waals surface area contributed by atoms with Gasteiger partial charge in [0.05, 0.1) is 0 Å². The highest BCUT2D eigenvalue weighted by Crippen LogP contribution is 2.25. The molecule has 2 aromatic rings. The van der Waals surface area contributed by atoms with Gasteiger partial charge >= 0.3 is 0 Å². The monoisotopic (exact) mass is 321 g/mol. The molecular formula is C16H20ClN3S. The van der Waals surface area contributed by atoms with E-state index in [1.807, 2.05) is 12.1 Å². The van der Waals surface area contributed by atoms with Crippen molar-refractivity contribution in [3.63, 3.8) is 0 Å². The molecule has 1 unspecified atom stereocenters. The first-order chi connectivity index (χ1) is 10.3. The van der Waals surface area contributed by atoms with E-state index >= 15 is 0 Å². The molecule has 0 saturated carbocycles. The third kappa shape index (κ3) is 3.40. The first kappa shape index (κ1) is 14.9. The van der Waals surface area contributed by atoms with Crippen LogP contribution < -0.4 is 10.6 Å². The summed E-state index contributed by atoms with van der Waals surface area (Å²) in [6, 6.07) is 10.6. The second-order valence-corrected chi connectivity index (χ2v) is 6.52. The molecule has 3 rings (SSSR count). The molecule has 1 saturated heterocycles. The minimum atomic E-state index is 0.351. The Morgan fingerprint density at radius 2 is 1.81 bits per heavy atom. The molecule has 21 heavy (non-hydrogen) atoms. The minimum Gasteiger partial charge on any atom is -0.369 e. The summed E-state index contributed by atoms with van der Waals surface area (Å²) in [6.45, 7) is 4.82. The summed E-state index contributed by atoms with van der Waals surface area (Å²) in [6.07, 6.45) is 0. The van der Waals surface area contributed by atoms with Crippen LogP contribution in [0.15, 0.2) is 41.1 Å². The zero-order valence-electron chi connectivity index (χ0n) is 11.9. The Kier molecular flexibility index (Phi) is 4.80. The lowest BCUT2D eigenvalue weighted by Crippen LogP contribution is -2.49. The molecule has 3 nitrogen and oxygen atoms in total. The van der Waals surface area contributed by atoms with Gasteiger partial charge in [-0.3, -0.25) is 4.90 Å². The predicted octanol–water partition coefficient (Wildman–Crippen LogP) is 3.22. The molecule has 1 aliphatic rings. The van der Waals surface area contributed by atoms with Crippen LogP contribution in [-0.4, -0.2) is 37.6 Å². The van der Waals surface area contributed by atoms with Gasteiger partial charge in [-0.2, -0.15) is 11.3 Å². The van der Waals surface area contributed by atoms with Crippen molar-refractivity contribution in [3.8, 4) is 0 Å². The van der Waals surface area contributed by atoms with Crippen LogP contribution in [0.1, 0.15) is 11.6 Å². The molecule has 5 heteroatoms. The highest BCUT2D eigenvalue weighted by Gasteiger charge is 2.24. The Morgan fingerprint density at radius 1 is 1.10 bits per heavy atom. The average molecular weight is 322 g/mol. The van der Waals surface area contributed by atoms with E-state index in [4.69, 9.17) is 17.3 Å². The lowest BCUT2D eigenvalue weighted by atomic mass is 10.1. The van der Waals surface area contributed by atoms with Gasteiger partial charge in [0, 0.05) is 49.5 Å². The van der Waals surface area contributed by atoms with E-state index in [-0.39, 0.29) is 0 Å². The van der Waals surface area contributed by atoms with E-state index in [0.29, 0.717) is 12.6 Å². The zero-order valence-corrected chi connectivity index (χ0v) is 13.5. The van der Waals surface area contributed by atoms with Crippen LogP contribution in [-0.2, 0) is 0 Å². The SMILES string of the molecule is NCC(c1ccsc1)N1CCN(c2ccc(Cl)cc2)CC1. The van der Waals surface area contributed by atoms with Gasteiger partial charge in [-0.05, 0) is 46.7 Å². The lowest BCUT2D eigenvalue weighted by Gasteiger charge is -2.39. The number of halogens is 1. The molecule has 0 radical (unpaired) electrons. The molecule has 1 fully saturated rings. The van der Waals surface area contributed by atoms with Crippen molar-refractivity contribution in [1.29, 1.82) is 0 Å². The van der Waals surface area contributed by atoms with Crippen molar-refractivity contribution in [2.75, 3.05) is 37.6 Å². The second kappa shape index (κ2) is 6.79. The Morgan fingerprint density at radius 3 is 2.38 bits per heavy atom. The van der Waals surface area contributed by atoms with Crippen molar-refractivity contribution in [2.24, 2.45) is 5.73 Å². The zero-order chi connectivity index (χ0) is 14.7. The Hall–Kier alpha value is -1.07. The van der Waals surface area contributed by atoms with Crippen molar-refractivity contribution >= 4 is 28.6 Å². The number of hydrogen-bond acceptors (Lipinski definition) is 4. The summed E-state index contributed by atoms with van der Waals surface area (Å²) < 4.78 is 0. The first-order valence-electron chi connectivity index (χ1n) is 7.24. The standard InChI is InChI=1S/C16H20ClN3S/c17-14-1-3-15(4-2-14)19-6-8-20(9-7-19)16(11-18)13-5-10-21-12-13/h1-5,10,12,16H,6-9,11,18H2. The van der Waals surface area contributed by atoms with Crippen molar-refractivity contribution < 1.29 is 0 Å². The van der Waals surface area contributed by atoms with Crippen LogP contribution in [0, 0.1) is 0 Å². The minimum absolute atomic E-state index is 0.351. The van der Waals surface area contributed by atoms with Gasteiger partial charge in [0.25, 0.3) is 0 Å². The maximum Gasteiger partial charge on any atom is 0.0480 e. The molecule has 0 aliphatic carbocycles. The number of anilines is 1. The highest BCUT2D eigenvalue weighted by atomic mass is 35.5. The number of rotatable bonds is 4. The van der Waals surface area contributed by atoms with E-state index in [0.717, 1.165) is 31.2 Å². The van der Waals surface area contributed by atoms with Crippen LogP contribution >= 0.6 is 22.9 Å². The van der Waals surface area contributed by atoms with E-state index in [1.54, 1.807) is 11.3 Å². The number of nitrogens with zero attached hydrogens (tertiary/aromatic N) is 2. The molecule has 1 aliphatic heterocycles. The second-order valence-electron chi connectivity index (χ2n) is 5.31. The van der Waals surface area contributed by atoms with Gasteiger partial charge in [-0.1, -0.05) is 11.6 Å². The third-order valence-electron chi connectivity index (χ3n) is 4.10. The van der Waals surface area contributed by atoms with Crippen molar-refractivity contribution in [3.05, 3.63) is 51.7 Å². The fourth-order valence-corrected chi connectivity index (χ4v) is 3.74. The number of hydrogen-bond donors (Lipinski definition) is 1. The highest BCUT2D eigenvalue weighted by molar-refractivity contribution is 7.07. The summed E-state index contributed by atoms with van der Waals surface area (Å²) in [5, 5.41) is 5.13. The van der Waals surface area contributed by atoms with Gasteiger partial charge in [0.1, 0.15) is 0 Å². The molecule has 2 heterocycles. The van der Waals surface area contributed by atoms with Gasteiger partial charge in [0.15, 0.2) is 0 Å². The topological polar surface area (TPSA) is 32.5 Å². The number of piperazine rings is 1. The smallest absolute Gasteiger partial charge is 0.0480 e. The van der Waals surface area contributed by atoms with Gasteiger partial charge in [0.2, 0.25) is 0 Å². The van der Waals surface area contributed by atoms with Crippen LogP contribution in [0.3, 0.4) is 0 Å². The predicted molar refractivity (Wildman–Crippen MR) is 91.4 cm³/mol. The van der Waals surface area contributed by atoms with Gasteiger partial charge in [-0.15, -0.1) is 0 Å². The summed E-state index contributed by atoms with van der Waals surface area (Å²) >= 11 is 7.69. The van der Waals surface area contributed by atoms with Crippen LogP contribution in [0.25, 0.3) is 0 Å². The maximum atomic E-state index is 5.99. The van der Waals surface area contributed by atoms with Crippen LogP contribution in [0.2, 0.25) is 5.02 Å². The molecule has 2 N–H and O–H groups in total. The van der Waals surface area contributed by atoms with E-state index in [1.165, 1.54) is 11.3 Å². The van der Waals surface area contributed by atoms with E-state index in [2.05, 4.69) is 38.8 Å². The molecule has 1 aromatic carbocycles. The normalized spacial score (nSPS) is 17.9. The molecule has 1 aromatic heterocycles. The largest absolute Gasteiger partial charge is 0.369 e. The summed E-state index contributed by atoms with van der Waals surface area (Å²) in [7, 11) is 0. The first-order valence-corrected chi connectivity index (χ1v) is 8.57. The summed E-state index contributed by atoms with van der Waals surface area (Å²) in [5.74, 6) is 0. The summed E-state index contributed by atoms with van der Waals surface area (Å²) in [4.78, 5) is 4.91. The van der Waals surface area contributed by atoms with Gasteiger partial charge in [-0.25, -0.2) is 0 Å². The Labute approximate surface area is 134 Å². The summed E-state index contributed by atoms with van der Waals surface area (Å²) in [5.41, 5.74) is 8.59. The number of benzene rings is 1. The third-order valence-corrected chi connectivity index (χ3v) is 5.05. The maximum absolute atomic E-state index is 5.99. The van der Waals surface area contributed by atoms with Crippen LogP contribution in [0.4, 0.5) is 5.69 Å². The fraction of sp³-hybridized carbons (Fsp3) is 0.375. The Balaban J connectivity index is 1.63. The molecule has 0 amide bonds. The van der Waals surface area contributed by atoms with E-state index < -0.39 is 0 Å². The van der Waals surface area contributed by atoms with Gasteiger partial charge < -0.3 is 10.6 Å². The molecule has 0 bridgehead atoms. The molecule has 0 spiro atoms. The molecule has 1 atom stereocenters. The molecular weight excluding hydrogens is 302 g/mol. The van der Waals surface area contributed by atoms with E-state index in [9.17, 15) is 0 Å². The number of thiophene rings is 1.